The van der Waals surface area contributed by atoms with E-state index in [1.54, 1.807) is 33.0 Å². The molecule has 0 atom stereocenters. The molecule has 0 aromatic heterocycles. The van der Waals surface area contributed by atoms with Gasteiger partial charge in [-0.2, -0.15) is 0 Å². The molecule has 0 saturated heterocycles. The molecule has 3 aliphatic rings. The highest BCUT2D eigenvalue weighted by atomic mass is 14.4. The van der Waals surface area contributed by atoms with Crippen molar-refractivity contribution in [3.63, 3.8) is 0 Å². The minimum absolute atomic E-state index is 1.15. The zero-order chi connectivity index (χ0) is 89.7. The van der Waals surface area contributed by atoms with Crippen LogP contribution in [0.25, 0.3) is 241 Å². The lowest BCUT2D eigenvalue weighted by Crippen LogP contribution is -2.01. The van der Waals surface area contributed by atoms with E-state index in [-0.39, 0.29) is 0 Å². The van der Waals surface area contributed by atoms with Gasteiger partial charge in [0.15, 0.2) is 0 Å². The van der Waals surface area contributed by atoms with Crippen LogP contribution < -0.4 is 0 Å². The average molecular weight is 1730 g/mol. The molecule has 0 N–H and O–H groups in total. The number of unbranched alkanes of at least 4 members (excludes halogenated alkanes) is 18. The molecule has 0 radical (unpaired) electrons. The van der Waals surface area contributed by atoms with Gasteiger partial charge >= 0.3 is 0 Å². The van der Waals surface area contributed by atoms with Crippen molar-refractivity contribution in [2.24, 2.45) is 0 Å². The van der Waals surface area contributed by atoms with Crippen LogP contribution in [-0.2, 0) is 12.8 Å². The molecule has 0 amide bonds. The van der Waals surface area contributed by atoms with Gasteiger partial charge in [0.1, 0.15) is 0 Å². The lowest BCUT2D eigenvalue weighted by molar-refractivity contribution is 0.556. The van der Waals surface area contributed by atoms with Crippen LogP contribution in [0.5, 0.6) is 0 Å². The number of benzene rings is 22. The molecule has 25 rings (SSSR count). The predicted molar refractivity (Wildman–Crippen MR) is 585 cm³/mol. The molecule has 0 bridgehead atoms. The van der Waals surface area contributed by atoms with Crippen molar-refractivity contribution in [2.45, 2.75) is 169 Å². The number of fused-ring (bicyclic) bond motifs is 27. The highest BCUT2D eigenvalue weighted by Gasteiger charge is 2.37. The molecule has 652 valence electrons. The Morgan fingerprint density at radius 2 is 0.358 bits per heavy atom. The van der Waals surface area contributed by atoms with Crippen LogP contribution >= 0.6 is 0 Å². The SMILES string of the molecule is CCCCCCCCCCCCc1c2c(c(CCCCCCCCCCCC)c3c4ccccc4c4ccccc4c13)-c1cccc3cccc-2c13.Cc1cccc(-c2c3c(c(-c4cccc(C)c4)c4c5ccccc5c5ccccc5c24)-c2cccc4cccc-3c24)c1.c1ccc(-c2c3c(c(-c4ccccc4)c4c5ccccc5c5ccccc5c24)-c2cccc4cccc-3c24)cc1. The summed E-state index contributed by atoms with van der Waals surface area (Å²) < 4.78 is 0. The van der Waals surface area contributed by atoms with Crippen molar-refractivity contribution in [1.82, 2.24) is 0 Å². The van der Waals surface area contributed by atoms with Crippen LogP contribution in [0.2, 0.25) is 0 Å². The Morgan fingerprint density at radius 1 is 0.149 bits per heavy atom. The summed E-state index contributed by atoms with van der Waals surface area (Å²) >= 11 is 0. The molecule has 134 heavy (non-hydrogen) atoms. The molecule has 0 fully saturated rings. The van der Waals surface area contributed by atoms with E-state index in [0.717, 1.165) is 12.8 Å². The molecule has 22 aromatic carbocycles. The molecule has 0 saturated carbocycles. The van der Waals surface area contributed by atoms with Gasteiger partial charge in [0, 0.05) is 0 Å². The monoisotopic (exact) mass is 1720 g/mol. The number of aryl methyl sites for hydroxylation is 4. The minimum Gasteiger partial charge on any atom is -0.0654 e. The molecule has 0 heteroatoms. The first-order chi connectivity index (χ1) is 66.4. The number of rotatable bonds is 26. The average Bonchev–Trinajstić information content (AvgIpc) is 1.48. The van der Waals surface area contributed by atoms with E-state index < -0.39 is 0 Å². The fraction of sp³-hybridized carbons (Fsp3) is 0.194. The maximum atomic E-state index is 2.44. The van der Waals surface area contributed by atoms with Crippen LogP contribution in [0.3, 0.4) is 0 Å². The van der Waals surface area contributed by atoms with Crippen molar-refractivity contribution in [2.75, 3.05) is 0 Å². The van der Waals surface area contributed by atoms with Gasteiger partial charge in [-0.15, -0.1) is 0 Å². The molecule has 22 aromatic rings. The predicted octanol–water partition coefficient (Wildman–Crippen LogP) is 40.1. The maximum Gasteiger partial charge on any atom is -0.000718 e. The number of hydrogen-bond donors (Lipinski definition) is 0. The Hall–Kier alpha value is -14.0. The Morgan fingerprint density at radius 3 is 0.619 bits per heavy atom. The normalized spacial score (nSPS) is 12.1. The van der Waals surface area contributed by atoms with Gasteiger partial charge in [0.25, 0.3) is 0 Å². The molecule has 0 spiro atoms. The van der Waals surface area contributed by atoms with Crippen molar-refractivity contribution >= 4 is 129 Å². The molecule has 0 unspecified atom stereocenters. The number of hydrogen-bond acceptors (Lipinski definition) is 0. The summed E-state index contributed by atoms with van der Waals surface area (Å²) in [6, 6.07) is 136. The van der Waals surface area contributed by atoms with Crippen molar-refractivity contribution < 1.29 is 0 Å². The van der Waals surface area contributed by atoms with Crippen molar-refractivity contribution in [3.8, 4) is 111 Å². The Labute approximate surface area is 790 Å². The van der Waals surface area contributed by atoms with Crippen LogP contribution in [0, 0.1) is 13.8 Å². The first-order valence-electron chi connectivity index (χ1n) is 50.5. The van der Waals surface area contributed by atoms with E-state index in [2.05, 4.69) is 392 Å². The third-order valence-corrected chi connectivity index (χ3v) is 30.4. The first kappa shape index (κ1) is 84.2. The zero-order valence-corrected chi connectivity index (χ0v) is 78.2. The van der Waals surface area contributed by atoms with Crippen molar-refractivity contribution in [1.29, 1.82) is 0 Å². The summed E-state index contributed by atoms with van der Waals surface area (Å²) in [5, 5.41) is 32.8. The minimum atomic E-state index is 1.15. The largest absolute Gasteiger partial charge is 0.0654 e. The van der Waals surface area contributed by atoms with Gasteiger partial charge in [-0.05, 0) is 291 Å². The highest BCUT2D eigenvalue weighted by Crippen LogP contribution is 2.63. The summed E-state index contributed by atoms with van der Waals surface area (Å²) in [6.07, 6.45) is 29.8. The summed E-state index contributed by atoms with van der Waals surface area (Å²) in [5.41, 5.74) is 33.0. The summed E-state index contributed by atoms with van der Waals surface area (Å²) in [4.78, 5) is 0. The van der Waals surface area contributed by atoms with Crippen LogP contribution in [0.15, 0.2) is 364 Å². The highest BCUT2D eigenvalue weighted by molar-refractivity contribution is 6.41. The molecule has 0 aliphatic heterocycles. The van der Waals surface area contributed by atoms with Crippen molar-refractivity contribution in [3.05, 3.63) is 386 Å². The Kier molecular flexibility index (Phi) is 23.2. The third-order valence-electron chi connectivity index (χ3n) is 30.4. The lowest BCUT2D eigenvalue weighted by atomic mass is 9.79. The topological polar surface area (TPSA) is 0 Å². The van der Waals surface area contributed by atoms with Gasteiger partial charge in [0.05, 0.1) is 0 Å². The lowest BCUT2D eigenvalue weighted by Gasteiger charge is -2.24. The van der Waals surface area contributed by atoms with E-state index in [0.29, 0.717) is 0 Å². The van der Waals surface area contributed by atoms with E-state index in [4.69, 9.17) is 0 Å². The standard InChI is InChI=1S/C52H64.C42H28.C40H24/c1-3-5-7-9-11-13-15-17-19-21-35-46-49-42-33-25-23-31-40(42)41-32-24-26-34-43(41)50(49)47(36-22-20-18-16-14-12-10-8-6-4-2)52-45-38-28-30-39-29-27-37-44(48(39)45)51(46)52;1-25-11-7-15-28(23-25)37-39-32-19-5-3-17-30(32)31-18-4-6-20-33(31)40(39)38(29-16-8-12-26(2)24-29)42-35-22-10-14-27-13-9-21-34(36(27)35)41(37)42;1-3-13-26(14-4-1)35-37-30-21-9-7-19-28(30)29-20-8-10-22-31(29)38(37)36(27-15-5-2-6-16-27)40-33-24-12-18-25-17-11-23-32(34(25)33)39(35)40/h23-34,37-38H,3-22,35-36H2,1-2H3;3-24H,1-2H3;1-24H. The fourth-order valence-electron chi connectivity index (χ4n) is 24.6. The van der Waals surface area contributed by atoms with E-state index in [1.165, 1.54) is 358 Å². The molecule has 0 heterocycles. The second-order valence-corrected chi connectivity index (χ2v) is 38.7. The zero-order valence-electron chi connectivity index (χ0n) is 78.2. The maximum absolute atomic E-state index is 2.44. The molecular weight excluding hydrogens is 1610 g/mol. The van der Waals surface area contributed by atoms with Crippen LogP contribution in [-0.4, -0.2) is 0 Å². The van der Waals surface area contributed by atoms with E-state index in [9.17, 15) is 0 Å². The Balaban J connectivity index is 0.000000114. The summed E-state index contributed by atoms with van der Waals surface area (Å²) in [5.74, 6) is 0. The van der Waals surface area contributed by atoms with Gasteiger partial charge in [-0.25, -0.2) is 0 Å². The first-order valence-corrected chi connectivity index (χ1v) is 50.5. The fourth-order valence-corrected chi connectivity index (χ4v) is 24.6. The van der Waals surface area contributed by atoms with Crippen LogP contribution in [0.4, 0.5) is 0 Å². The van der Waals surface area contributed by atoms with E-state index >= 15 is 0 Å². The van der Waals surface area contributed by atoms with Gasteiger partial charge in [0.2, 0.25) is 0 Å². The Bertz CT molecular complexity index is 7870. The quantitative estimate of drug-likeness (QED) is 0.0374. The van der Waals surface area contributed by atoms with Gasteiger partial charge in [-0.3, -0.25) is 0 Å². The van der Waals surface area contributed by atoms with Gasteiger partial charge in [-0.1, -0.05) is 505 Å². The van der Waals surface area contributed by atoms with E-state index in [1.807, 2.05) is 0 Å². The second kappa shape index (κ2) is 36.8. The van der Waals surface area contributed by atoms with Crippen LogP contribution in [0.1, 0.15) is 165 Å². The summed E-state index contributed by atoms with van der Waals surface area (Å²) in [6.45, 7) is 9.04. The van der Waals surface area contributed by atoms with Gasteiger partial charge < -0.3 is 0 Å². The molecular formula is C134H116. The smallest absolute Gasteiger partial charge is 0.000718 e. The second-order valence-electron chi connectivity index (χ2n) is 38.7. The molecule has 3 aliphatic carbocycles. The third kappa shape index (κ3) is 14.6. The summed E-state index contributed by atoms with van der Waals surface area (Å²) in [7, 11) is 0. The molecule has 0 nitrogen and oxygen atoms in total.